The molecule has 0 atom stereocenters. The van der Waals surface area contributed by atoms with Crippen LogP contribution in [0, 0.1) is 0 Å². The lowest BCUT2D eigenvalue weighted by Crippen LogP contribution is -2.45. The zero-order chi connectivity index (χ0) is 24.7. The van der Waals surface area contributed by atoms with Crippen molar-refractivity contribution in [3.05, 3.63) is 52.5 Å². The fourth-order valence-electron chi connectivity index (χ4n) is 3.78. The van der Waals surface area contributed by atoms with E-state index in [2.05, 4.69) is 15.4 Å². The highest BCUT2D eigenvalue weighted by atomic mass is 35.5. The monoisotopic (exact) mass is 509 g/mol. The molecule has 11 heteroatoms. The van der Waals surface area contributed by atoms with E-state index < -0.39 is 22.0 Å². The van der Waals surface area contributed by atoms with Crippen molar-refractivity contribution in [3.63, 3.8) is 0 Å². The van der Waals surface area contributed by atoms with Crippen LogP contribution in [0.2, 0.25) is 5.02 Å². The summed E-state index contributed by atoms with van der Waals surface area (Å²) in [4.78, 5) is 24.5. The molecule has 1 fully saturated rings. The number of rotatable bonds is 8. The van der Waals surface area contributed by atoms with Gasteiger partial charge in [-0.15, -0.1) is 0 Å². The molecule has 0 spiro atoms. The maximum atomic E-state index is 12.5. The maximum absolute atomic E-state index is 12.5. The molecule has 0 unspecified atom stereocenters. The van der Waals surface area contributed by atoms with Crippen LogP contribution in [0.25, 0.3) is 0 Å². The van der Waals surface area contributed by atoms with Crippen molar-refractivity contribution in [1.82, 2.24) is 15.4 Å². The van der Waals surface area contributed by atoms with Gasteiger partial charge in [-0.1, -0.05) is 43.0 Å². The van der Waals surface area contributed by atoms with Gasteiger partial charge in [-0.2, -0.15) is 0 Å². The number of methoxy groups -OCH3 is 1. The topological polar surface area (TPSA) is 134 Å². The summed E-state index contributed by atoms with van der Waals surface area (Å²) < 4.78 is 32.2. The number of carbonyl (C=O) groups is 2. The highest BCUT2D eigenvalue weighted by Crippen LogP contribution is 2.31. The van der Waals surface area contributed by atoms with E-state index in [1.807, 2.05) is 0 Å². The van der Waals surface area contributed by atoms with E-state index in [-0.39, 0.29) is 39.6 Å². The molecule has 4 N–H and O–H groups in total. The van der Waals surface area contributed by atoms with E-state index in [4.69, 9.17) is 16.3 Å². The highest BCUT2D eigenvalue weighted by molar-refractivity contribution is 7.90. The third-order valence-corrected chi connectivity index (χ3v) is 7.26. The number of hydrogen-bond acceptors (Lipinski definition) is 6. The Balaban J connectivity index is 1.53. The van der Waals surface area contributed by atoms with Gasteiger partial charge in [0, 0.05) is 18.7 Å². The van der Waals surface area contributed by atoms with Crippen LogP contribution in [0.5, 0.6) is 11.5 Å². The molecular formula is C23H28ClN3O6S. The average Bonchev–Trinajstić information content (AvgIpc) is 2.81. The smallest absolute Gasteiger partial charge is 0.328 e. The van der Waals surface area contributed by atoms with Crippen molar-refractivity contribution in [1.29, 1.82) is 0 Å². The predicted molar refractivity (Wildman–Crippen MR) is 128 cm³/mol. The first-order chi connectivity index (χ1) is 16.2. The second-order valence-electron chi connectivity index (χ2n) is 8.07. The number of sulfonamides is 1. The number of phenolic OH excluding ortho intramolecular Hbond substituents is 1. The van der Waals surface area contributed by atoms with Crippen LogP contribution >= 0.6 is 11.6 Å². The zero-order valence-corrected chi connectivity index (χ0v) is 20.3. The summed E-state index contributed by atoms with van der Waals surface area (Å²) in [5.74, 6) is -0.425. The Morgan fingerprint density at radius 1 is 1.12 bits per heavy atom. The third kappa shape index (κ3) is 6.77. The Morgan fingerprint density at radius 3 is 2.44 bits per heavy atom. The standard InChI is InChI=1S/C23H28ClN3O6S/c1-33-21-14-20(28)19(24)13-18(21)22(29)25-12-11-15-7-9-17(10-8-15)34(31,32)27-23(30)26-16-5-3-2-4-6-16/h7-10,13-14,16,28H,2-6,11-12H2,1H3,(H,25,29)(H2,26,27,30). The number of aromatic hydroxyl groups is 1. The number of amides is 3. The lowest BCUT2D eigenvalue weighted by atomic mass is 9.96. The van der Waals surface area contributed by atoms with Gasteiger partial charge in [0.25, 0.3) is 15.9 Å². The molecule has 0 heterocycles. The Bertz CT molecular complexity index is 1130. The van der Waals surface area contributed by atoms with Crippen LogP contribution in [0.15, 0.2) is 41.3 Å². The average molecular weight is 510 g/mol. The minimum atomic E-state index is -3.99. The van der Waals surface area contributed by atoms with Gasteiger partial charge >= 0.3 is 6.03 Å². The van der Waals surface area contributed by atoms with Gasteiger partial charge in [0.2, 0.25) is 0 Å². The van der Waals surface area contributed by atoms with Gasteiger partial charge in [0.05, 0.1) is 22.6 Å². The molecule has 0 saturated heterocycles. The van der Waals surface area contributed by atoms with Gasteiger partial charge in [-0.25, -0.2) is 17.9 Å². The summed E-state index contributed by atoms with van der Waals surface area (Å²) in [6.45, 7) is 0.272. The fraction of sp³-hybridized carbons (Fsp3) is 0.391. The van der Waals surface area contributed by atoms with Gasteiger partial charge in [0.15, 0.2) is 0 Å². The summed E-state index contributed by atoms with van der Waals surface area (Å²) in [6.07, 6.45) is 5.32. The summed E-state index contributed by atoms with van der Waals surface area (Å²) >= 11 is 5.88. The van der Waals surface area contributed by atoms with Gasteiger partial charge in [-0.05, 0) is 43.0 Å². The summed E-state index contributed by atoms with van der Waals surface area (Å²) in [7, 11) is -2.61. The van der Waals surface area contributed by atoms with Crippen LogP contribution in [0.4, 0.5) is 4.79 Å². The number of hydrogen-bond donors (Lipinski definition) is 4. The van der Waals surface area contributed by atoms with Gasteiger partial charge in [0.1, 0.15) is 11.5 Å². The predicted octanol–water partition coefficient (Wildman–Crippen LogP) is 3.35. The quantitative estimate of drug-likeness (QED) is 0.431. The maximum Gasteiger partial charge on any atom is 0.328 e. The molecule has 0 aromatic heterocycles. The first kappa shape index (κ1) is 25.6. The Hall–Kier alpha value is -2.98. The summed E-state index contributed by atoms with van der Waals surface area (Å²) in [5.41, 5.74) is 0.978. The Labute approximate surface area is 203 Å². The van der Waals surface area contributed by atoms with Gasteiger partial charge < -0.3 is 20.5 Å². The molecule has 1 saturated carbocycles. The number of benzene rings is 2. The Morgan fingerprint density at radius 2 is 1.79 bits per heavy atom. The molecule has 9 nitrogen and oxygen atoms in total. The lowest BCUT2D eigenvalue weighted by Gasteiger charge is -2.22. The minimum absolute atomic E-state index is 0.000828. The third-order valence-electron chi connectivity index (χ3n) is 5.61. The molecule has 1 aliphatic carbocycles. The number of phenols is 1. The van der Waals surface area contributed by atoms with E-state index in [9.17, 15) is 23.1 Å². The van der Waals surface area contributed by atoms with Crippen molar-refractivity contribution in [2.24, 2.45) is 0 Å². The van der Waals surface area contributed by atoms with Crippen molar-refractivity contribution in [2.45, 2.75) is 49.5 Å². The number of urea groups is 1. The molecule has 2 aromatic rings. The van der Waals surface area contributed by atoms with E-state index in [1.54, 1.807) is 12.1 Å². The first-order valence-electron chi connectivity index (χ1n) is 11.0. The van der Waals surface area contributed by atoms with E-state index in [0.717, 1.165) is 37.7 Å². The van der Waals surface area contributed by atoms with Crippen LogP contribution in [-0.2, 0) is 16.4 Å². The number of carbonyl (C=O) groups excluding carboxylic acids is 2. The lowest BCUT2D eigenvalue weighted by molar-refractivity contribution is 0.0951. The van der Waals surface area contributed by atoms with Crippen LogP contribution in [-0.4, -0.2) is 45.2 Å². The number of nitrogens with one attached hydrogen (secondary N) is 3. The van der Waals surface area contributed by atoms with Crippen molar-refractivity contribution < 1.29 is 27.9 Å². The van der Waals surface area contributed by atoms with Crippen molar-refractivity contribution >= 4 is 33.6 Å². The van der Waals surface area contributed by atoms with E-state index >= 15 is 0 Å². The van der Waals surface area contributed by atoms with Gasteiger partial charge in [-0.3, -0.25) is 4.79 Å². The minimum Gasteiger partial charge on any atom is -0.506 e. The van der Waals surface area contributed by atoms with Crippen molar-refractivity contribution in [2.75, 3.05) is 13.7 Å². The highest BCUT2D eigenvalue weighted by Gasteiger charge is 2.21. The summed E-state index contributed by atoms with van der Waals surface area (Å²) in [6, 6.07) is 7.94. The first-order valence-corrected chi connectivity index (χ1v) is 12.8. The molecule has 1 aliphatic rings. The Kier molecular flexibility index (Phi) is 8.62. The normalized spacial score (nSPS) is 14.3. The molecule has 0 aliphatic heterocycles. The van der Waals surface area contributed by atoms with Crippen LogP contribution in [0.3, 0.4) is 0 Å². The molecular weight excluding hydrogens is 482 g/mol. The summed E-state index contributed by atoms with van der Waals surface area (Å²) in [5, 5.41) is 15.1. The fourth-order valence-corrected chi connectivity index (χ4v) is 4.86. The SMILES string of the molecule is COc1cc(O)c(Cl)cc1C(=O)NCCc1ccc(S(=O)(=O)NC(=O)NC2CCCCC2)cc1. The molecule has 0 radical (unpaired) electrons. The zero-order valence-electron chi connectivity index (χ0n) is 18.8. The second-order valence-corrected chi connectivity index (χ2v) is 10.2. The molecule has 184 valence electrons. The molecule has 34 heavy (non-hydrogen) atoms. The van der Waals surface area contributed by atoms with E-state index in [1.165, 1.54) is 31.4 Å². The van der Waals surface area contributed by atoms with Crippen LogP contribution in [0.1, 0.15) is 48.0 Å². The molecule has 3 amide bonds. The van der Waals surface area contributed by atoms with Crippen molar-refractivity contribution in [3.8, 4) is 11.5 Å². The molecule has 0 bridgehead atoms. The van der Waals surface area contributed by atoms with E-state index in [0.29, 0.717) is 6.42 Å². The number of halogens is 1. The molecule has 2 aromatic carbocycles. The second kappa shape index (κ2) is 11.4. The molecule has 3 rings (SSSR count). The number of ether oxygens (including phenoxy) is 1. The van der Waals surface area contributed by atoms with Crippen LogP contribution < -0.4 is 20.1 Å². The largest absolute Gasteiger partial charge is 0.506 e.